The fraction of sp³-hybridized carbons (Fsp3) is 0.588. The smallest absolute Gasteiger partial charge is 0.319 e. The summed E-state index contributed by atoms with van der Waals surface area (Å²) in [7, 11) is 0. The maximum atomic E-state index is 16.9. The van der Waals surface area contributed by atoms with Gasteiger partial charge in [-0.05, 0) is 73.8 Å². The molecule has 5 fully saturated rings. The highest BCUT2D eigenvalue weighted by Gasteiger charge is 2.40. The van der Waals surface area contributed by atoms with Crippen LogP contribution < -0.4 is 15.0 Å². The van der Waals surface area contributed by atoms with Gasteiger partial charge in [0.25, 0.3) is 0 Å². The molecule has 1 aliphatic carbocycles. The Bertz CT molecular complexity index is 1620. The number of nitrogens with zero attached hydrogens (tertiary/aromatic N) is 4. The molecule has 11 heteroatoms. The van der Waals surface area contributed by atoms with E-state index in [2.05, 4.69) is 29.0 Å². The number of nitrogens with one attached hydrogen (secondary N) is 1. The van der Waals surface area contributed by atoms with Gasteiger partial charge in [0, 0.05) is 65.2 Å². The van der Waals surface area contributed by atoms with Crippen LogP contribution in [-0.4, -0.2) is 83.6 Å². The Labute approximate surface area is 273 Å². The van der Waals surface area contributed by atoms with Crippen LogP contribution in [0.1, 0.15) is 63.9 Å². The predicted molar refractivity (Wildman–Crippen MR) is 174 cm³/mol. The molecule has 4 bridgehead atoms. The summed E-state index contributed by atoms with van der Waals surface area (Å²) in [6, 6.07) is 6.63. The van der Waals surface area contributed by atoms with Gasteiger partial charge in [-0.2, -0.15) is 9.97 Å². The molecular weight excluding hydrogens is 616 g/mol. The molecule has 4 aliphatic heterocycles. The number of morpholine rings is 1. The third-order valence-electron chi connectivity index (χ3n) is 10.3. The van der Waals surface area contributed by atoms with Gasteiger partial charge in [0.2, 0.25) is 0 Å². The lowest BCUT2D eigenvalue weighted by atomic mass is 9.93. The Morgan fingerprint density at radius 2 is 1.71 bits per heavy atom. The highest BCUT2D eigenvalue weighted by atomic mass is 35.5. The molecule has 240 valence electrons. The van der Waals surface area contributed by atoms with Crippen molar-refractivity contribution >= 4 is 39.9 Å². The molecule has 0 amide bonds. The number of benzene rings is 2. The van der Waals surface area contributed by atoms with Crippen molar-refractivity contribution in [3.8, 4) is 22.9 Å². The Kier molecular flexibility index (Phi) is 7.57. The van der Waals surface area contributed by atoms with Crippen molar-refractivity contribution < 1.29 is 19.0 Å². The number of rotatable bonds is 8. The minimum Gasteiger partial charge on any atom is -0.508 e. The van der Waals surface area contributed by atoms with Gasteiger partial charge in [-0.3, -0.25) is 4.90 Å². The Balaban J connectivity index is 1.18. The third-order valence-corrected chi connectivity index (χ3v) is 10.9. The first-order valence-corrected chi connectivity index (χ1v) is 17.1. The molecule has 4 unspecified atom stereocenters. The molecule has 0 radical (unpaired) electrons. The first-order valence-electron chi connectivity index (χ1n) is 16.3. The van der Waals surface area contributed by atoms with E-state index in [-0.39, 0.29) is 39.2 Å². The maximum absolute atomic E-state index is 16.9. The lowest BCUT2D eigenvalue weighted by Gasteiger charge is -2.39. The Hall–Kier alpha value is -2.43. The van der Waals surface area contributed by atoms with Crippen molar-refractivity contribution in [1.29, 1.82) is 0 Å². The van der Waals surface area contributed by atoms with Crippen LogP contribution in [0.5, 0.6) is 11.8 Å². The second-order valence-corrected chi connectivity index (χ2v) is 15.3. The minimum atomic E-state index is -0.558. The highest BCUT2D eigenvalue weighted by Crippen LogP contribution is 2.51. The summed E-state index contributed by atoms with van der Waals surface area (Å²) in [6.07, 6.45) is 6.47. The topological polar surface area (TPSA) is 83.0 Å². The summed E-state index contributed by atoms with van der Waals surface area (Å²) in [5, 5.41) is 15.4. The number of fused-ring (bicyclic) bond motifs is 5. The molecule has 4 atom stereocenters. The van der Waals surface area contributed by atoms with Gasteiger partial charge in [0.1, 0.15) is 17.1 Å². The number of aromatic hydroxyl groups is 1. The van der Waals surface area contributed by atoms with E-state index in [0.29, 0.717) is 52.6 Å². The standard InChI is InChI=1S/C34H40Cl2FN5O3/c1-34(2,16-42-21-7-8-22(42)15-44-14-21)17-45-33-39-31-25(32(40-33)41-12-19-5-6-20(13-41)38-19)11-27(36)29(30(31)37)24-9-23(43)10-26(35)28(24)18-3-4-18/h9-11,18-22,38,43H,3-8,12-17H2,1-2H3. The van der Waals surface area contributed by atoms with Crippen LogP contribution in [0, 0.1) is 11.2 Å². The van der Waals surface area contributed by atoms with Crippen LogP contribution in [0.4, 0.5) is 10.2 Å². The zero-order chi connectivity index (χ0) is 31.0. The number of halogens is 3. The summed E-state index contributed by atoms with van der Waals surface area (Å²) < 4.78 is 29.1. The molecular formula is C34H40Cl2FN5O3. The molecule has 0 spiro atoms. The predicted octanol–water partition coefficient (Wildman–Crippen LogP) is 6.53. The lowest BCUT2D eigenvalue weighted by Crippen LogP contribution is -2.51. The molecule has 5 aliphatic rings. The largest absolute Gasteiger partial charge is 0.508 e. The van der Waals surface area contributed by atoms with E-state index >= 15 is 4.39 Å². The van der Waals surface area contributed by atoms with Gasteiger partial charge < -0.3 is 24.8 Å². The molecule has 1 saturated carbocycles. The van der Waals surface area contributed by atoms with Crippen LogP contribution in [0.25, 0.3) is 22.0 Å². The summed E-state index contributed by atoms with van der Waals surface area (Å²) in [5.41, 5.74) is 1.49. The van der Waals surface area contributed by atoms with Crippen LogP contribution >= 0.6 is 23.2 Å². The molecule has 8 rings (SSSR count). The molecule has 8 nitrogen and oxygen atoms in total. The molecule has 1 aromatic heterocycles. The zero-order valence-corrected chi connectivity index (χ0v) is 27.3. The van der Waals surface area contributed by atoms with Crippen LogP contribution in [-0.2, 0) is 4.74 Å². The average Bonchev–Trinajstić information content (AvgIpc) is 3.74. The highest BCUT2D eigenvalue weighted by molar-refractivity contribution is 6.35. The number of ether oxygens (including phenoxy) is 2. The second-order valence-electron chi connectivity index (χ2n) is 14.5. The van der Waals surface area contributed by atoms with Gasteiger partial charge in [-0.1, -0.05) is 37.0 Å². The van der Waals surface area contributed by atoms with Crippen molar-refractivity contribution in [3.63, 3.8) is 0 Å². The van der Waals surface area contributed by atoms with Gasteiger partial charge >= 0.3 is 6.01 Å². The number of piperazine rings is 1. The number of phenolic OH excluding ortho intramolecular Hbond substituents is 1. The third kappa shape index (κ3) is 5.63. The Morgan fingerprint density at radius 1 is 1.00 bits per heavy atom. The Morgan fingerprint density at radius 3 is 2.40 bits per heavy atom. The maximum Gasteiger partial charge on any atom is 0.319 e. The summed E-state index contributed by atoms with van der Waals surface area (Å²) in [5.74, 6) is 0.256. The minimum absolute atomic E-state index is 0.0328. The van der Waals surface area contributed by atoms with Gasteiger partial charge in [-0.15, -0.1) is 0 Å². The molecule has 2 N–H and O–H groups in total. The van der Waals surface area contributed by atoms with Crippen molar-refractivity contribution in [2.75, 3.05) is 44.4 Å². The molecule has 45 heavy (non-hydrogen) atoms. The normalized spacial score (nSPS) is 26.6. The fourth-order valence-electron chi connectivity index (χ4n) is 8.05. The fourth-order valence-corrected chi connectivity index (χ4v) is 8.71. The lowest BCUT2D eigenvalue weighted by molar-refractivity contribution is -0.0354. The van der Waals surface area contributed by atoms with E-state index in [1.54, 1.807) is 12.1 Å². The monoisotopic (exact) mass is 655 g/mol. The van der Waals surface area contributed by atoms with Crippen molar-refractivity contribution in [2.24, 2.45) is 5.41 Å². The molecule has 4 saturated heterocycles. The van der Waals surface area contributed by atoms with Crippen LogP contribution in [0.2, 0.25) is 10.0 Å². The SMILES string of the molecule is CC(C)(COc1nc(N2CC3CCC(C2)N3)c2cc(Cl)c(-c3cc(O)cc(Cl)c3C3CC3)c(F)c2n1)CN1C2CCC1COC2. The van der Waals surface area contributed by atoms with Crippen molar-refractivity contribution in [3.05, 3.63) is 39.6 Å². The number of hydrogen-bond acceptors (Lipinski definition) is 8. The number of hydrogen-bond donors (Lipinski definition) is 2. The first kappa shape index (κ1) is 29.9. The summed E-state index contributed by atoms with van der Waals surface area (Å²) in [6.45, 7) is 8.76. The van der Waals surface area contributed by atoms with Crippen LogP contribution in [0.3, 0.4) is 0 Å². The summed E-state index contributed by atoms with van der Waals surface area (Å²) in [4.78, 5) is 14.4. The first-order chi connectivity index (χ1) is 21.6. The van der Waals surface area contributed by atoms with Gasteiger partial charge in [0.05, 0.1) is 24.8 Å². The average molecular weight is 657 g/mol. The van der Waals surface area contributed by atoms with Crippen LogP contribution in [0.15, 0.2) is 18.2 Å². The number of aromatic nitrogens is 2. The zero-order valence-electron chi connectivity index (χ0n) is 25.8. The van der Waals surface area contributed by atoms with Crippen molar-refractivity contribution in [2.45, 2.75) is 82.5 Å². The number of phenols is 1. The quantitative estimate of drug-likeness (QED) is 0.283. The molecule has 5 heterocycles. The van der Waals surface area contributed by atoms with E-state index < -0.39 is 5.82 Å². The van der Waals surface area contributed by atoms with Gasteiger partial charge in [0.15, 0.2) is 5.82 Å². The molecule has 3 aromatic rings. The molecule has 2 aromatic carbocycles. The van der Waals surface area contributed by atoms with E-state index in [1.165, 1.54) is 18.9 Å². The number of anilines is 1. The van der Waals surface area contributed by atoms with Crippen molar-refractivity contribution in [1.82, 2.24) is 20.2 Å². The second kappa shape index (κ2) is 11.4. The van der Waals surface area contributed by atoms with E-state index in [1.807, 2.05) is 0 Å². The van der Waals surface area contributed by atoms with Gasteiger partial charge in [-0.25, -0.2) is 4.39 Å². The van der Waals surface area contributed by atoms with E-state index in [0.717, 1.165) is 64.1 Å². The van der Waals surface area contributed by atoms with E-state index in [4.69, 9.17) is 42.6 Å². The summed E-state index contributed by atoms with van der Waals surface area (Å²) >= 11 is 13.5. The van der Waals surface area contributed by atoms with E-state index in [9.17, 15) is 5.11 Å².